The van der Waals surface area contributed by atoms with Crippen molar-refractivity contribution in [3.05, 3.63) is 53.1 Å². The Morgan fingerprint density at radius 3 is 2.52 bits per heavy atom. The lowest BCUT2D eigenvalue weighted by atomic mass is 9.99. The predicted octanol–water partition coefficient (Wildman–Crippen LogP) is 2.92. The molecule has 1 amide bonds. The zero-order valence-corrected chi connectivity index (χ0v) is 20.7. The lowest BCUT2D eigenvalue weighted by Gasteiger charge is -2.38. The van der Waals surface area contributed by atoms with Crippen LogP contribution in [0.4, 0.5) is 5.69 Å². The van der Waals surface area contributed by atoms with Gasteiger partial charge in [0.2, 0.25) is 0 Å². The summed E-state index contributed by atoms with van der Waals surface area (Å²) in [7, 11) is -0.113. The second-order valence-electron chi connectivity index (χ2n) is 8.63. The molecule has 8 nitrogen and oxygen atoms in total. The van der Waals surface area contributed by atoms with E-state index in [2.05, 4.69) is 4.72 Å². The number of para-hydroxylation sites is 1. The van der Waals surface area contributed by atoms with Crippen LogP contribution in [0.15, 0.2) is 47.4 Å². The van der Waals surface area contributed by atoms with Crippen molar-refractivity contribution in [1.82, 2.24) is 9.80 Å². The maximum atomic E-state index is 13.4. The highest BCUT2D eigenvalue weighted by atomic mass is 35.5. The zero-order chi connectivity index (χ0) is 24.3. The first-order valence-corrected chi connectivity index (χ1v) is 12.5. The quantitative estimate of drug-likeness (QED) is 0.612. The minimum Gasteiger partial charge on any atom is -0.486 e. The highest BCUT2D eigenvalue weighted by Gasteiger charge is 2.34. The zero-order valence-electron chi connectivity index (χ0n) is 19.2. The molecular formula is C23H30ClN3O5S. The molecule has 1 heterocycles. The number of hydrogen-bond donors (Lipinski definition) is 2. The van der Waals surface area contributed by atoms with Crippen LogP contribution < -0.4 is 9.46 Å². The van der Waals surface area contributed by atoms with Crippen LogP contribution in [0.1, 0.15) is 24.2 Å². The molecule has 0 bridgehead atoms. The third-order valence-electron chi connectivity index (χ3n) is 5.60. The Morgan fingerprint density at radius 2 is 1.91 bits per heavy atom. The summed E-state index contributed by atoms with van der Waals surface area (Å²) < 4.78 is 35.0. The maximum Gasteiger partial charge on any atom is 0.262 e. The largest absolute Gasteiger partial charge is 0.486 e. The number of benzene rings is 2. The number of hydrogen-bond acceptors (Lipinski definition) is 6. The summed E-state index contributed by atoms with van der Waals surface area (Å²) in [4.78, 5) is 17.1. The van der Waals surface area contributed by atoms with Gasteiger partial charge in [-0.15, -0.1) is 0 Å². The summed E-state index contributed by atoms with van der Waals surface area (Å²) in [6, 6.07) is 10.2. The van der Waals surface area contributed by atoms with E-state index in [0.29, 0.717) is 18.1 Å². The van der Waals surface area contributed by atoms with Crippen LogP contribution in [-0.4, -0.2) is 75.2 Å². The monoisotopic (exact) mass is 495 g/mol. The third-order valence-corrected chi connectivity index (χ3v) is 7.24. The van der Waals surface area contributed by atoms with E-state index < -0.39 is 16.1 Å². The number of halogens is 1. The van der Waals surface area contributed by atoms with Crippen molar-refractivity contribution in [3.8, 4) is 5.75 Å². The van der Waals surface area contributed by atoms with Gasteiger partial charge in [0.1, 0.15) is 6.10 Å². The second kappa shape index (κ2) is 10.3. The number of fused-ring (bicyclic) bond motifs is 1. The van der Waals surface area contributed by atoms with E-state index in [1.54, 1.807) is 30.0 Å². The smallest absolute Gasteiger partial charge is 0.262 e. The van der Waals surface area contributed by atoms with Crippen molar-refractivity contribution in [2.75, 3.05) is 38.5 Å². The molecule has 0 aromatic heterocycles. The molecule has 10 heteroatoms. The fourth-order valence-corrected chi connectivity index (χ4v) is 4.91. The van der Waals surface area contributed by atoms with E-state index in [9.17, 15) is 18.3 Å². The van der Waals surface area contributed by atoms with Crippen LogP contribution in [0.25, 0.3) is 0 Å². The predicted molar refractivity (Wildman–Crippen MR) is 128 cm³/mol. The van der Waals surface area contributed by atoms with Crippen LogP contribution in [0.3, 0.4) is 0 Å². The molecular weight excluding hydrogens is 466 g/mol. The molecule has 2 aromatic rings. The fraction of sp³-hybridized carbons (Fsp3) is 0.435. The summed E-state index contributed by atoms with van der Waals surface area (Å²) >= 11 is 5.89. The van der Waals surface area contributed by atoms with Crippen LogP contribution in [0.2, 0.25) is 5.02 Å². The number of rotatable bonds is 7. The fourth-order valence-electron chi connectivity index (χ4n) is 3.72. The molecule has 0 unspecified atom stereocenters. The number of anilines is 1. The van der Waals surface area contributed by atoms with E-state index in [0.717, 1.165) is 0 Å². The van der Waals surface area contributed by atoms with Gasteiger partial charge in [0.05, 0.1) is 28.8 Å². The van der Waals surface area contributed by atoms with Gasteiger partial charge < -0.3 is 19.6 Å². The van der Waals surface area contributed by atoms with E-state index in [1.807, 2.05) is 25.9 Å². The average molecular weight is 496 g/mol. The second-order valence-corrected chi connectivity index (χ2v) is 10.7. The number of aliphatic hydroxyl groups is 1. The topological polar surface area (TPSA) is 99.2 Å². The van der Waals surface area contributed by atoms with Gasteiger partial charge in [-0.1, -0.05) is 24.6 Å². The lowest BCUT2D eigenvalue weighted by Crippen LogP contribution is -2.49. The van der Waals surface area contributed by atoms with Crippen molar-refractivity contribution >= 4 is 33.2 Å². The van der Waals surface area contributed by atoms with E-state index >= 15 is 0 Å². The molecule has 0 spiro atoms. The van der Waals surface area contributed by atoms with E-state index in [1.165, 1.54) is 24.3 Å². The highest BCUT2D eigenvalue weighted by molar-refractivity contribution is 7.92. The van der Waals surface area contributed by atoms with Gasteiger partial charge in [0.25, 0.3) is 15.9 Å². The van der Waals surface area contributed by atoms with Crippen molar-refractivity contribution < 1.29 is 23.1 Å². The van der Waals surface area contributed by atoms with Gasteiger partial charge in [-0.25, -0.2) is 8.42 Å². The molecule has 3 atom stereocenters. The number of ether oxygens (including phenoxy) is 1. The Hall–Kier alpha value is -2.33. The van der Waals surface area contributed by atoms with Crippen molar-refractivity contribution in [3.63, 3.8) is 0 Å². The van der Waals surface area contributed by atoms with Crippen molar-refractivity contribution in [2.24, 2.45) is 5.92 Å². The van der Waals surface area contributed by atoms with Gasteiger partial charge in [-0.3, -0.25) is 9.52 Å². The summed E-state index contributed by atoms with van der Waals surface area (Å²) in [6.45, 7) is 4.54. The normalized spacial score (nSPS) is 20.0. The SMILES string of the molecule is C[C@@H]1CN([C@H](C)CO)C(=O)c2cccc(NS(=O)(=O)c3ccc(Cl)cc3)c2O[C@H]1CN(C)C. The highest BCUT2D eigenvalue weighted by Crippen LogP contribution is 2.36. The summed E-state index contributed by atoms with van der Waals surface area (Å²) in [5, 5.41) is 10.2. The third kappa shape index (κ3) is 5.78. The first-order chi connectivity index (χ1) is 15.5. The Labute approximate surface area is 200 Å². The van der Waals surface area contributed by atoms with E-state index in [-0.39, 0.29) is 46.4 Å². The number of carbonyl (C=O) groups is 1. The molecule has 33 heavy (non-hydrogen) atoms. The van der Waals surface area contributed by atoms with Crippen LogP contribution in [0.5, 0.6) is 5.75 Å². The molecule has 1 aliphatic heterocycles. The number of amides is 1. The van der Waals surface area contributed by atoms with E-state index in [4.69, 9.17) is 16.3 Å². The molecule has 3 rings (SSSR count). The number of carbonyl (C=O) groups excluding carboxylic acids is 1. The number of nitrogens with zero attached hydrogens (tertiary/aromatic N) is 2. The first kappa shape index (κ1) is 25.3. The molecule has 1 aliphatic rings. The molecule has 2 N–H and O–H groups in total. The van der Waals surface area contributed by atoms with Crippen LogP contribution in [0, 0.1) is 5.92 Å². The Balaban J connectivity index is 2.09. The molecule has 2 aromatic carbocycles. The van der Waals surface area contributed by atoms with Crippen LogP contribution >= 0.6 is 11.6 Å². The Morgan fingerprint density at radius 1 is 1.24 bits per heavy atom. The number of sulfonamides is 1. The first-order valence-electron chi connectivity index (χ1n) is 10.7. The molecule has 0 aliphatic carbocycles. The molecule has 0 radical (unpaired) electrons. The van der Waals surface area contributed by atoms with Crippen molar-refractivity contribution in [1.29, 1.82) is 0 Å². The molecule has 0 saturated heterocycles. The van der Waals surface area contributed by atoms with Gasteiger partial charge in [0.15, 0.2) is 5.75 Å². The summed E-state index contributed by atoms with van der Waals surface area (Å²) in [5.41, 5.74) is 0.410. The molecule has 0 saturated carbocycles. The Bertz CT molecular complexity index is 1090. The standard InChI is InChI=1S/C23H30ClN3O5S/c1-15-12-27(16(2)14-28)23(29)19-6-5-7-20(22(19)32-21(15)13-26(3)4)25-33(30,31)18-10-8-17(24)9-11-18/h5-11,15-16,21,25,28H,12-14H2,1-4H3/t15-,16-,21+/m1/s1. The lowest BCUT2D eigenvalue weighted by molar-refractivity contribution is 0.0366. The number of aliphatic hydroxyl groups excluding tert-OH is 1. The summed E-state index contributed by atoms with van der Waals surface area (Å²) in [6.07, 6.45) is -0.318. The minimum absolute atomic E-state index is 0.0374. The molecule has 180 valence electrons. The Kier molecular flexibility index (Phi) is 7.89. The average Bonchev–Trinajstić information content (AvgIpc) is 2.76. The van der Waals surface area contributed by atoms with Gasteiger partial charge in [-0.2, -0.15) is 0 Å². The van der Waals surface area contributed by atoms with Gasteiger partial charge >= 0.3 is 0 Å². The van der Waals surface area contributed by atoms with Gasteiger partial charge in [-0.05, 0) is 57.4 Å². The van der Waals surface area contributed by atoms with Crippen molar-refractivity contribution in [2.45, 2.75) is 30.9 Å². The maximum absolute atomic E-state index is 13.4. The van der Waals surface area contributed by atoms with Crippen LogP contribution in [-0.2, 0) is 10.0 Å². The van der Waals surface area contributed by atoms with Gasteiger partial charge in [0, 0.05) is 24.0 Å². The molecule has 0 fully saturated rings. The number of nitrogens with one attached hydrogen (secondary N) is 1. The number of likely N-dealkylation sites (N-methyl/N-ethyl adjacent to an activating group) is 1. The summed E-state index contributed by atoms with van der Waals surface area (Å²) in [5.74, 6) is -0.220. The minimum atomic E-state index is -3.95.